The Balaban J connectivity index is 1.92. The van der Waals surface area contributed by atoms with E-state index in [1.807, 2.05) is 24.3 Å². The zero-order valence-corrected chi connectivity index (χ0v) is 11.7. The van der Waals surface area contributed by atoms with Gasteiger partial charge in [0.25, 0.3) is 0 Å². The maximum Gasteiger partial charge on any atom is 0.220 e. The number of fused-ring (bicyclic) bond motifs is 2. The summed E-state index contributed by atoms with van der Waals surface area (Å²) in [4.78, 5) is 27.4. The standard InChI is InChI=1S/C16H13N3O3/c20-9-16(4-3-14(21)18-8-16)15-11-6-10-2-1-5-17-12(10)7-13(11)22-19-15/h1-2,5-7,9H,3-4,8H2,(H,18,21). The van der Waals surface area contributed by atoms with E-state index >= 15 is 0 Å². The fraction of sp³-hybridized carbons (Fsp3) is 0.250. The van der Waals surface area contributed by atoms with Crippen LogP contribution in [-0.4, -0.2) is 28.9 Å². The van der Waals surface area contributed by atoms with E-state index in [4.69, 9.17) is 4.52 Å². The van der Waals surface area contributed by atoms with E-state index in [9.17, 15) is 9.59 Å². The number of hydrogen-bond donors (Lipinski definition) is 1. The van der Waals surface area contributed by atoms with Gasteiger partial charge in [-0.3, -0.25) is 9.78 Å². The van der Waals surface area contributed by atoms with Gasteiger partial charge in [-0.25, -0.2) is 0 Å². The van der Waals surface area contributed by atoms with Crippen LogP contribution in [0.5, 0.6) is 0 Å². The lowest BCUT2D eigenvalue weighted by Gasteiger charge is -2.30. The Morgan fingerprint density at radius 2 is 2.27 bits per heavy atom. The maximum absolute atomic E-state index is 11.7. The van der Waals surface area contributed by atoms with Crippen molar-refractivity contribution >= 4 is 34.1 Å². The fourth-order valence-electron chi connectivity index (χ4n) is 2.99. The minimum absolute atomic E-state index is 0.0417. The van der Waals surface area contributed by atoms with Crippen LogP contribution in [0.25, 0.3) is 21.9 Å². The quantitative estimate of drug-likeness (QED) is 0.728. The summed E-state index contributed by atoms with van der Waals surface area (Å²) in [7, 11) is 0. The molecule has 110 valence electrons. The van der Waals surface area contributed by atoms with Gasteiger partial charge in [-0.2, -0.15) is 0 Å². The van der Waals surface area contributed by atoms with Crippen LogP contribution in [0.15, 0.2) is 35.0 Å². The fourth-order valence-corrected chi connectivity index (χ4v) is 2.99. The van der Waals surface area contributed by atoms with E-state index in [-0.39, 0.29) is 12.5 Å². The van der Waals surface area contributed by atoms with E-state index in [1.54, 1.807) is 6.20 Å². The molecule has 6 nitrogen and oxygen atoms in total. The summed E-state index contributed by atoms with van der Waals surface area (Å²) in [6, 6.07) is 7.57. The highest BCUT2D eigenvalue weighted by Gasteiger charge is 2.40. The molecule has 3 aromatic rings. The van der Waals surface area contributed by atoms with Gasteiger partial charge >= 0.3 is 0 Å². The maximum atomic E-state index is 11.7. The highest BCUT2D eigenvalue weighted by atomic mass is 16.5. The molecule has 1 unspecified atom stereocenters. The van der Waals surface area contributed by atoms with Crippen molar-refractivity contribution in [2.24, 2.45) is 0 Å². The smallest absolute Gasteiger partial charge is 0.220 e. The van der Waals surface area contributed by atoms with Crippen molar-refractivity contribution in [3.63, 3.8) is 0 Å². The van der Waals surface area contributed by atoms with Crippen molar-refractivity contribution in [2.75, 3.05) is 6.54 Å². The lowest BCUT2D eigenvalue weighted by Crippen LogP contribution is -2.47. The zero-order chi connectivity index (χ0) is 15.2. The van der Waals surface area contributed by atoms with Gasteiger partial charge in [0.2, 0.25) is 5.91 Å². The largest absolute Gasteiger partial charge is 0.356 e. The Labute approximate surface area is 125 Å². The van der Waals surface area contributed by atoms with Gasteiger partial charge in [0.15, 0.2) is 5.58 Å². The topological polar surface area (TPSA) is 85.1 Å². The molecule has 1 atom stereocenters. The van der Waals surface area contributed by atoms with Crippen LogP contribution in [0.1, 0.15) is 18.5 Å². The first-order chi connectivity index (χ1) is 10.7. The number of carbonyl (C=O) groups is 2. The van der Waals surface area contributed by atoms with E-state index in [2.05, 4.69) is 15.5 Å². The molecule has 1 aliphatic rings. The van der Waals surface area contributed by atoms with Gasteiger partial charge in [-0.05, 0) is 18.6 Å². The summed E-state index contributed by atoms with van der Waals surface area (Å²) in [5.41, 5.74) is 1.17. The van der Waals surface area contributed by atoms with Gasteiger partial charge in [0.1, 0.15) is 12.0 Å². The predicted octanol–water partition coefficient (Wildman–Crippen LogP) is 1.72. The third kappa shape index (κ3) is 1.80. The third-order valence-corrected chi connectivity index (χ3v) is 4.29. The van der Waals surface area contributed by atoms with Crippen molar-refractivity contribution < 1.29 is 14.1 Å². The van der Waals surface area contributed by atoms with E-state index in [0.29, 0.717) is 24.1 Å². The molecule has 1 saturated heterocycles. The van der Waals surface area contributed by atoms with E-state index in [1.165, 1.54) is 0 Å². The number of nitrogens with zero attached hydrogens (tertiary/aromatic N) is 2. The molecule has 1 aromatic carbocycles. The summed E-state index contributed by atoms with van der Waals surface area (Å²) in [5.74, 6) is -0.0417. The molecule has 0 bridgehead atoms. The lowest BCUT2D eigenvalue weighted by molar-refractivity contribution is -0.125. The van der Waals surface area contributed by atoms with Gasteiger partial charge in [-0.1, -0.05) is 11.2 Å². The molecule has 3 heterocycles. The van der Waals surface area contributed by atoms with E-state index < -0.39 is 5.41 Å². The molecule has 2 aromatic heterocycles. The third-order valence-electron chi connectivity index (χ3n) is 4.29. The second-order valence-electron chi connectivity index (χ2n) is 5.63. The monoisotopic (exact) mass is 295 g/mol. The summed E-state index contributed by atoms with van der Waals surface area (Å²) in [5, 5.41) is 8.63. The number of amides is 1. The first kappa shape index (κ1) is 12.9. The molecular formula is C16H13N3O3. The molecule has 1 aliphatic heterocycles. The van der Waals surface area contributed by atoms with Gasteiger partial charge in [-0.15, -0.1) is 0 Å². The van der Waals surface area contributed by atoms with Crippen molar-refractivity contribution in [2.45, 2.75) is 18.3 Å². The number of hydrogen-bond acceptors (Lipinski definition) is 5. The number of rotatable bonds is 2. The molecule has 0 aliphatic carbocycles. The molecular weight excluding hydrogens is 282 g/mol. The molecule has 22 heavy (non-hydrogen) atoms. The Kier molecular flexibility index (Phi) is 2.72. The summed E-state index contributed by atoms with van der Waals surface area (Å²) in [6.07, 6.45) is 3.34. The first-order valence-corrected chi connectivity index (χ1v) is 7.09. The number of nitrogens with one attached hydrogen (secondary N) is 1. The molecule has 4 rings (SSSR count). The Hall–Kier alpha value is -2.76. The normalized spacial score (nSPS) is 21.9. The van der Waals surface area contributed by atoms with Gasteiger partial charge < -0.3 is 14.6 Å². The molecule has 0 spiro atoms. The Morgan fingerprint density at radius 3 is 3.05 bits per heavy atom. The van der Waals surface area contributed by atoms with Gasteiger partial charge in [0.05, 0.1) is 10.9 Å². The molecule has 1 fully saturated rings. The van der Waals surface area contributed by atoms with Crippen molar-refractivity contribution in [3.05, 3.63) is 36.2 Å². The summed E-state index contributed by atoms with van der Waals surface area (Å²) < 4.78 is 5.40. The number of pyridine rings is 1. The highest BCUT2D eigenvalue weighted by molar-refractivity contribution is 5.97. The van der Waals surface area contributed by atoms with Crippen LogP contribution in [0.4, 0.5) is 0 Å². The second-order valence-corrected chi connectivity index (χ2v) is 5.63. The number of carbonyl (C=O) groups excluding carboxylic acids is 2. The van der Waals surface area contributed by atoms with Crippen molar-refractivity contribution in [3.8, 4) is 0 Å². The van der Waals surface area contributed by atoms with Gasteiger partial charge in [0, 0.05) is 36.0 Å². The van der Waals surface area contributed by atoms with E-state index in [0.717, 1.165) is 22.6 Å². The van der Waals surface area contributed by atoms with Crippen LogP contribution >= 0.6 is 0 Å². The molecule has 6 heteroatoms. The average Bonchev–Trinajstić information content (AvgIpc) is 2.97. The van der Waals surface area contributed by atoms with Crippen LogP contribution < -0.4 is 5.32 Å². The lowest BCUT2D eigenvalue weighted by atomic mass is 9.78. The SMILES string of the molecule is O=CC1(c2noc3cc4ncccc4cc23)CCC(=O)NC1. The summed E-state index contributed by atoms with van der Waals surface area (Å²) >= 11 is 0. The second kappa shape index (κ2) is 4.62. The molecule has 1 N–H and O–H groups in total. The zero-order valence-electron chi connectivity index (χ0n) is 11.7. The van der Waals surface area contributed by atoms with Crippen LogP contribution in [0, 0.1) is 0 Å². The Morgan fingerprint density at radius 1 is 1.36 bits per heavy atom. The summed E-state index contributed by atoms with van der Waals surface area (Å²) in [6.45, 7) is 0.252. The molecule has 0 radical (unpaired) electrons. The number of piperidine rings is 1. The van der Waals surface area contributed by atoms with Crippen molar-refractivity contribution in [1.29, 1.82) is 0 Å². The van der Waals surface area contributed by atoms with Crippen LogP contribution in [-0.2, 0) is 15.0 Å². The van der Waals surface area contributed by atoms with Crippen molar-refractivity contribution in [1.82, 2.24) is 15.5 Å². The molecule has 0 saturated carbocycles. The molecule has 1 amide bonds. The predicted molar refractivity (Wildman–Crippen MR) is 79.3 cm³/mol. The number of aromatic nitrogens is 2. The minimum Gasteiger partial charge on any atom is -0.356 e. The average molecular weight is 295 g/mol. The minimum atomic E-state index is -0.824. The number of benzene rings is 1. The number of aldehydes is 1. The first-order valence-electron chi connectivity index (χ1n) is 7.09. The van der Waals surface area contributed by atoms with Crippen LogP contribution in [0.2, 0.25) is 0 Å². The highest BCUT2D eigenvalue weighted by Crippen LogP contribution is 2.35. The van der Waals surface area contributed by atoms with Crippen LogP contribution in [0.3, 0.4) is 0 Å². The Bertz CT molecular complexity index is 890.